The van der Waals surface area contributed by atoms with Gasteiger partial charge in [0.05, 0.1) is 123 Å². The quantitative estimate of drug-likeness (QED) is 0.0386. The Bertz CT molecular complexity index is 4860. The number of ether oxygens (including phenoxy) is 8. The number of Topliss-reactive ketones (excluding diaryl/α,β-unsaturated/α-hetero) is 4. The Labute approximate surface area is 664 Å². The highest BCUT2D eigenvalue weighted by Gasteiger charge is 2.17. The number of aromatic nitrogens is 4. The second-order valence-corrected chi connectivity index (χ2v) is 32.6. The zero-order chi connectivity index (χ0) is 72.7. The molecule has 8 aromatic carbocycles. The van der Waals surface area contributed by atoms with Crippen LogP contribution in [-0.2, 0) is 70.5 Å². The van der Waals surface area contributed by atoms with E-state index in [0.717, 1.165) is 120 Å². The van der Waals surface area contributed by atoms with E-state index in [9.17, 15) is 19.2 Å². The molecule has 0 aliphatic carbocycles. The third kappa shape index (κ3) is 23.7. The Kier molecular flexibility index (Phi) is 31.1. The number of ketones is 4. The lowest BCUT2D eigenvalue weighted by atomic mass is 10.0. The van der Waals surface area contributed by atoms with Crippen molar-refractivity contribution in [1.29, 1.82) is 0 Å². The van der Waals surface area contributed by atoms with E-state index < -0.39 is 0 Å². The minimum Gasteiger partial charge on any atom is -0.493 e. The van der Waals surface area contributed by atoms with Gasteiger partial charge in [-0.05, 0) is 266 Å². The van der Waals surface area contributed by atoms with Crippen LogP contribution in [0.15, 0.2) is 146 Å². The van der Waals surface area contributed by atoms with Gasteiger partial charge >= 0.3 is 0 Å². The average Bonchev–Trinajstić information content (AvgIpc) is 1.56. The summed E-state index contributed by atoms with van der Waals surface area (Å²) in [4.78, 5) is 67.6. The van der Waals surface area contributed by atoms with Gasteiger partial charge in [0.15, 0.2) is 46.0 Å². The number of rotatable bonds is 30. The fourth-order valence-corrected chi connectivity index (χ4v) is 17.6. The van der Waals surface area contributed by atoms with Crippen LogP contribution in [-0.4, -0.2) is 99.4 Å². The van der Waals surface area contributed by atoms with E-state index in [2.05, 4.69) is 141 Å². The monoisotopic (exact) mass is 1900 g/mol. The van der Waals surface area contributed by atoms with Gasteiger partial charge in [0.2, 0.25) is 0 Å². The SMILES string of the molecule is CCCOc1ccc(CCC(=O)Cc2nc3ccc(I)cc3s2)cc1OC.COc1ccc(CC(=O)Cc2nc3ccc(I)cc3s2)cc1OC.COc1ccc(CCC(=O)Cc2nc3ccc(I)cc3s2)cc1OC.COc1ccc(CCCC(=O)Cc2nc3ccc(I)cc3s2)cc1OC. The number of methoxy groups -OCH3 is 7. The van der Waals surface area contributed by atoms with Crippen LogP contribution in [0.5, 0.6) is 46.0 Å². The van der Waals surface area contributed by atoms with Gasteiger partial charge in [-0.1, -0.05) is 31.2 Å². The van der Waals surface area contributed by atoms with Gasteiger partial charge < -0.3 is 37.9 Å². The van der Waals surface area contributed by atoms with Gasteiger partial charge in [0, 0.05) is 40.0 Å². The summed E-state index contributed by atoms with van der Waals surface area (Å²) in [7, 11) is 11.3. The van der Waals surface area contributed by atoms with E-state index >= 15 is 0 Å². The Morgan fingerprint density at radius 2 is 0.618 bits per heavy atom. The molecule has 0 spiro atoms. The third-order valence-corrected chi connectivity index (χ3v) is 22.5. The van der Waals surface area contributed by atoms with Crippen LogP contribution in [0.3, 0.4) is 0 Å². The lowest BCUT2D eigenvalue weighted by molar-refractivity contribution is -0.119. The summed E-state index contributed by atoms with van der Waals surface area (Å²) in [6, 6.07) is 47.6. The highest BCUT2D eigenvalue weighted by Crippen LogP contribution is 2.34. The minimum atomic E-state index is 0.135. The lowest BCUT2D eigenvalue weighted by Gasteiger charge is -2.11. The van der Waals surface area contributed by atoms with E-state index in [1.54, 1.807) is 95.1 Å². The Balaban J connectivity index is 0.000000158. The number of nitrogens with zero attached hydrogens (tertiary/aromatic N) is 4. The predicted octanol–water partition coefficient (Wildman–Crippen LogP) is 19.4. The van der Waals surface area contributed by atoms with Crippen LogP contribution >= 0.6 is 136 Å². The van der Waals surface area contributed by atoms with Gasteiger partial charge in [-0.15, -0.1) is 45.3 Å². The van der Waals surface area contributed by atoms with Crippen molar-refractivity contribution in [3.63, 3.8) is 0 Å². The van der Waals surface area contributed by atoms with Gasteiger partial charge in [-0.2, -0.15) is 0 Å². The van der Waals surface area contributed by atoms with Crippen LogP contribution < -0.4 is 37.9 Å². The van der Waals surface area contributed by atoms with Crippen LogP contribution in [0.4, 0.5) is 0 Å². The molecule has 0 aliphatic rings. The second kappa shape index (κ2) is 40.0. The van der Waals surface area contributed by atoms with Gasteiger partial charge in [-0.25, -0.2) is 19.9 Å². The van der Waals surface area contributed by atoms with Crippen molar-refractivity contribution in [3.8, 4) is 46.0 Å². The number of fused-ring (bicyclic) bond motifs is 4. The third-order valence-electron chi connectivity index (χ3n) is 15.7. The topological polar surface area (TPSA) is 194 Å². The lowest BCUT2D eigenvalue weighted by Crippen LogP contribution is -2.06. The van der Waals surface area contributed by atoms with Crippen LogP contribution in [0.1, 0.15) is 81.3 Å². The first-order valence-corrected chi connectivity index (χ1v) is 40.1. The summed E-state index contributed by atoms with van der Waals surface area (Å²) in [6.45, 7) is 2.73. The molecule has 0 radical (unpaired) electrons. The molecule has 12 rings (SSSR count). The highest BCUT2D eigenvalue weighted by molar-refractivity contribution is 14.1. The molecule has 0 amide bonds. The first kappa shape index (κ1) is 79.4. The molecule has 0 unspecified atom stereocenters. The molecule has 4 aromatic heterocycles. The molecule has 532 valence electrons. The number of carbonyl (C=O) groups is 4. The van der Waals surface area contributed by atoms with Crippen LogP contribution in [0, 0.1) is 14.3 Å². The number of carbonyl (C=O) groups excluding carboxylic acids is 4. The van der Waals surface area contributed by atoms with Gasteiger partial charge in [0.25, 0.3) is 0 Å². The molecule has 16 nitrogen and oxygen atoms in total. The number of benzene rings is 8. The van der Waals surface area contributed by atoms with Crippen molar-refractivity contribution in [2.75, 3.05) is 56.4 Å². The predicted molar refractivity (Wildman–Crippen MR) is 445 cm³/mol. The molecule has 0 atom stereocenters. The maximum atomic E-state index is 12.4. The average molecular weight is 1900 g/mol. The van der Waals surface area contributed by atoms with Crippen LogP contribution in [0.2, 0.25) is 0 Å². The molecule has 0 saturated heterocycles. The molecule has 0 fully saturated rings. The van der Waals surface area contributed by atoms with E-state index in [1.165, 1.54) is 14.3 Å². The second-order valence-electron chi connectivity index (χ2n) is 23.2. The molecule has 12 aromatic rings. The van der Waals surface area contributed by atoms with Crippen molar-refractivity contribution in [1.82, 2.24) is 19.9 Å². The summed E-state index contributed by atoms with van der Waals surface area (Å²) in [6.07, 6.45) is 7.42. The summed E-state index contributed by atoms with van der Waals surface area (Å²) >= 11 is 15.5. The number of thiazole rings is 4. The fraction of sp³-hybridized carbons (Fsp3) is 0.282. The molecular formula is C78H76I4N4O12S4. The maximum Gasteiger partial charge on any atom is 0.161 e. The first-order chi connectivity index (χ1) is 49.3. The van der Waals surface area contributed by atoms with Crippen molar-refractivity contribution >= 4 is 200 Å². The summed E-state index contributed by atoms with van der Waals surface area (Å²) in [5, 5.41) is 3.53. The number of halogens is 4. The summed E-state index contributed by atoms with van der Waals surface area (Å²) < 4.78 is 51.9. The standard InChI is InChI=1S/C21H22INO3S.C20H20INO3S.C19H18INO3S.C18H16INO3S/c1-3-10-26-18-9-5-14(11-19(18)25-2)4-7-16(24)13-21-23-17-8-6-15(22)12-20(17)27-21;1-24-17-9-6-13(10-18(17)25-2)4-3-5-15(23)12-20-22-16-8-7-14(21)11-19(16)26-20;1-23-16-8-4-12(9-17(16)24-2)3-6-14(22)11-19-21-15-7-5-13(20)10-18(15)25-19;1-22-15-6-3-11(8-16(15)23-2)7-13(21)10-18-20-14-5-4-12(19)9-17(14)24-18/h5-6,8-9,11-12H,3-4,7,10,13H2,1-2H3;6-11H,3-5,12H2,1-2H3;4-5,7-10H,3,6,11H2,1-2H3;3-6,8-9H,7,10H2,1-2H3. The zero-order valence-corrected chi connectivity index (χ0v) is 69.5. The molecule has 0 aliphatic heterocycles. The zero-order valence-electron chi connectivity index (χ0n) is 57.6. The van der Waals surface area contributed by atoms with E-state index in [4.69, 9.17) is 37.9 Å². The number of aryl methyl sites for hydroxylation is 3. The Morgan fingerprint density at radius 3 is 0.961 bits per heavy atom. The number of hydrogen-bond acceptors (Lipinski definition) is 20. The van der Waals surface area contributed by atoms with E-state index in [0.29, 0.717) is 99.6 Å². The normalized spacial score (nSPS) is 10.9. The molecule has 0 saturated carbocycles. The molecule has 4 heterocycles. The molecule has 102 heavy (non-hydrogen) atoms. The van der Waals surface area contributed by atoms with Crippen molar-refractivity contribution in [2.45, 2.75) is 90.4 Å². The minimum absolute atomic E-state index is 0.135. The molecule has 0 N–H and O–H groups in total. The summed E-state index contributed by atoms with van der Waals surface area (Å²) in [5.74, 6) is 6.36. The maximum absolute atomic E-state index is 12.4. The van der Waals surface area contributed by atoms with Gasteiger partial charge in [0.1, 0.15) is 43.2 Å². The van der Waals surface area contributed by atoms with Crippen molar-refractivity contribution < 1.29 is 57.1 Å². The molecule has 0 bridgehead atoms. The largest absolute Gasteiger partial charge is 0.493 e. The van der Waals surface area contributed by atoms with Crippen LogP contribution in [0.25, 0.3) is 40.9 Å². The fourth-order valence-electron chi connectivity index (χ4n) is 10.6. The molecular weight excluding hydrogens is 1820 g/mol. The van der Waals surface area contributed by atoms with E-state index in [1.807, 2.05) is 121 Å². The smallest absolute Gasteiger partial charge is 0.161 e. The molecule has 24 heteroatoms. The van der Waals surface area contributed by atoms with Crippen molar-refractivity contribution in [2.24, 2.45) is 0 Å². The number of hydrogen-bond donors (Lipinski definition) is 0. The van der Waals surface area contributed by atoms with E-state index in [-0.39, 0.29) is 23.1 Å². The van der Waals surface area contributed by atoms with Crippen molar-refractivity contribution in [3.05, 3.63) is 202 Å². The van der Waals surface area contributed by atoms with Gasteiger partial charge in [-0.3, -0.25) is 19.2 Å². The Morgan fingerprint density at radius 1 is 0.324 bits per heavy atom. The Hall–Kier alpha value is -6.68. The summed E-state index contributed by atoms with van der Waals surface area (Å²) in [5.41, 5.74) is 8.05. The first-order valence-electron chi connectivity index (χ1n) is 32.5. The highest BCUT2D eigenvalue weighted by atomic mass is 127.